The van der Waals surface area contributed by atoms with Gasteiger partial charge in [0.25, 0.3) is 0 Å². The zero-order valence-electron chi connectivity index (χ0n) is 5.52. The van der Waals surface area contributed by atoms with Gasteiger partial charge >= 0.3 is 0 Å². The van der Waals surface area contributed by atoms with E-state index in [-0.39, 0.29) is 29.6 Å². The molecular formula is C3H7NaO3S3-. The van der Waals surface area contributed by atoms with Gasteiger partial charge in [-0.05, 0) is 0 Å². The molecule has 0 bridgehead atoms. The number of thiol groups is 2. The minimum Gasteiger partial charge on any atom is -0.748 e. The van der Waals surface area contributed by atoms with Crippen molar-refractivity contribution in [3.8, 4) is 0 Å². The van der Waals surface area contributed by atoms with E-state index in [0.717, 1.165) is 0 Å². The minimum atomic E-state index is -4.11. The molecule has 3 nitrogen and oxygen atoms in total. The third-order valence-corrected chi connectivity index (χ3v) is 2.76. The first-order valence-electron chi connectivity index (χ1n) is 2.18. The van der Waals surface area contributed by atoms with Crippen LogP contribution in [-0.4, -0.2) is 59.3 Å². The van der Waals surface area contributed by atoms with E-state index in [9.17, 15) is 13.0 Å². The molecule has 0 aliphatic rings. The maximum atomic E-state index is 9.96. The van der Waals surface area contributed by atoms with Gasteiger partial charge in [0, 0.05) is 40.6 Å². The van der Waals surface area contributed by atoms with Crippen LogP contribution in [0.5, 0.6) is 0 Å². The molecule has 57 valence electrons. The van der Waals surface area contributed by atoms with E-state index in [2.05, 4.69) is 25.3 Å². The molecule has 1 unspecified atom stereocenters. The van der Waals surface area contributed by atoms with Crippen LogP contribution in [0.1, 0.15) is 0 Å². The van der Waals surface area contributed by atoms with Crippen LogP contribution in [0, 0.1) is 0 Å². The molecule has 1 atom stereocenters. The smallest absolute Gasteiger partial charge is 0.0957 e. The molecule has 0 heterocycles. The Labute approximate surface area is 93.8 Å². The molecule has 7 heteroatoms. The Morgan fingerprint density at radius 3 is 2.00 bits per heavy atom. The fourth-order valence-electron chi connectivity index (χ4n) is 0.288. The van der Waals surface area contributed by atoms with Crippen LogP contribution in [0.15, 0.2) is 0 Å². The molecule has 0 fully saturated rings. The molecule has 0 aliphatic heterocycles. The van der Waals surface area contributed by atoms with Crippen LogP contribution in [0.2, 0.25) is 0 Å². The molecular weight excluding hydrogens is 203 g/mol. The zero-order chi connectivity index (χ0) is 7.49. The number of hydrogen-bond donors (Lipinski definition) is 2. The summed E-state index contributed by atoms with van der Waals surface area (Å²) in [7, 11) is -4.11. The van der Waals surface area contributed by atoms with Gasteiger partial charge in [-0.3, -0.25) is 0 Å². The Hall–Kier alpha value is 1.61. The van der Waals surface area contributed by atoms with E-state index < -0.39 is 21.1 Å². The predicted octanol–water partition coefficient (Wildman–Crippen LogP) is -0.621. The van der Waals surface area contributed by atoms with E-state index in [1.807, 2.05) is 0 Å². The van der Waals surface area contributed by atoms with Crippen LogP contribution >= 0.6 is 25.3 Å². The maximum Gasteiger partial charge on any atom is 0.0957 e. The van der Waals surface area contributed by atoms with E-state index in [1.54, 1.807) is 0 Å². The summed E-state index contributed by atoms with van der Waals surface area (Å²) < 4.78 is 29.9. The second-order valence-electron chi connectivity index (χ2n) is 1.56. The molecule has 0 spiro atoms. The summed E-state index contributed by atoms with van der Waals surface area (Å²) in [6.45, 7) is 0. The summed E-state index contributed by atoms with van der Waals surface area (Å²) >= 11 is 7.52. The first kappa shape index (κ1) is 14.2. The Bertz CT molecular complexity index is 166. The van der Waals surface area contributed by atoms with Crippen molar-refractivity contribution in [2.45, 2.75) is 5.25 Å². The molecule has 0 N–H and O–H groups in total. The van der Waals surface area contributed by atoms with Crippen molar-refractivity contribution in [1.82, 2.24) is 0 Å². The minimum absolute atomic E-state index is 0. The Balaban J connectivity index is 0. The second-order valence-corrected chi connectivity index (χ2v) is 4.10. The van der Waals surface area contributed by atoms with Crippen LogP contribution in [0.3, 0.4) is 0 Å². The summed E-state index contributed by atoms with van der Waals surface area (Å²) in [4.78, 5) is 0. The van der Waals surface area contributed by atoms with E-state index in [1.165, 1.54) is 0 Å². The fraction of sp³-hybridized carbons (Fsp3) is 1.00. The Morgan fingerprint density at radius 2 is 1.90 bits per heavy atom. The molecule has 0 saturated carbocycles. The first-order chi connectivity index (χ1) is 3.95. The Kier molecular flexibility index (Phi) is 8.72. The monoisotopic (exact) mass is 210 g/mol. The van der Waals surface area contributed by atoms with E-state index in [4.69, 9.17) is 0 Å². The standard InChI is InChI=1S/C3H8O3S3.Na/c4-9(5,6)2-3(8)1-7;/h3,7-8H,1-2H2,(H,4,5,6);/p-1. The van der Waals surface area contributed by atoms with Gasteiger partial charge in [-0.25, -0.2) is 8.42 Å². The van der Waals surface area contributed by atoms with E-state index in [0.29, 0.717) is 5.75 Å². The van der Waals surface area contributed by atoms with Crippen LogP contribution in [-0.2, 0) is 10.1 Å². The summed E-state index contributed by atoms with van der Waals surface area (Å²) in [5.41, 5.74) is 0. The van der Waals surface area contributed by atoms with Gasteiger partial charge in [0.2, 0.25) is 0 Å². The van der Waals surface area contributed by atoms with Crippen LogP contribution < -0.4 is 0 Å². The van der Waals surface area contributed by atoms with Gasteiger partial charge in [0.05, 0.1) is 15.9 Å². The molecule has 0 aromatic carbocycles. The van der Waals surface area contributed by atoms with Crippen molar-refractivity contribution in [3.05, 3.63) is 0 Å². The fourth-order valence-corrected chi connectivity index (χ4v) is 1.73. The second kappa shape index (κ2) is 6.16. The molecule has 0 amide bonds. The molecule has 0 rings (SSSR count). The van der Waals surface area contributed by atoms with Crippen molar-refractivity contribution >= 4 is 64.9 Å². The average molecular weight is 210 g/mol. The molecule has 0 aromatic rings. The van der Waals surface area contributed by atoms with Gasteiger partial charge in [-0.15, -0.1) is 0 Å². The molecule has 0 aliphatic carbocycles. The SMILES string of the molecule is O=S(=O)([O-])CC(S)CS.[Na]. The number of rotatable bonds is 3. The summed E-state index contributed by atoms with van der Waals surface area (Å²) in [6.07, 6.45) is 0. The topological polar surface area (TPSA) is 57.2 Å². The third-order valence-electron chi connectivity index (χ3n) is 0.607. The molecule has 0 aromatic heterocycles. The number of hydrogen-bond acceptors (Lipinski definition) is 5. The third kappa shape index (κ3) is 9.61. The molecule has 1 radical (unpaired) electrons. The summed E-state index contributed by atoms with van der Waals surface area (Å²) in [5, 5.41) is -0.448. The van der Waals surface area contributed by atoms with Gasteiger partial charge in [-0.1, -0.05) is 0 Å². The van der Waals surface area contributed by atoms with Gasteiger partial charge < -0.3 is 4.55 Å². The van der Waals surface area contributed by atoms with Crippen molar-refractivity contribution < 1.29 is 13.0 Å². The largest absolute Gasteiger partial charge is 0.748 e. The Morgan fingerprint density at radius 1 is 1.50 bits per heavy atom. The quantitative estimate of drug-likeness (QED) is 0.371. The van der Waals surface area contributed by atoms with Crippen molar-refractivity contribution in [2.24, 2.45) is 0 Å². The van der Waals surface area contributed by atoms with Gasteiger partial charge in [0.15, 0.2) is 0 Å². The summed E-state index contributed by atoms with van der Waals surface area (Å²) in [5.74, 6) is -0.149. The average Bonchev–Trinajstić information content (AvgIpc) is 1.62. The summed E-state index contributed by atoms with van der Waals surface area (Å²) in [6, 6.07) is 0. The van der Waals surface area contributed by atoms with Crippen molar-refractivity contribution in [3.63, 3.8) is 0 Å². The van der Waals surface area contributed by atoms with Gasteiger partial charge in [-0.2, -0.15) is 25.3 Å². The van der Waals surface area contributed by atoms with Crippen molar-refractivity contribution in [1.29, 1.82) is 0 Å². The van der Waals surface area contributed by atoms with Crippen LogP contribution in [0.25, 0.3) is 0 Å². The van der Waals surface area contributed by atoms with Gasteiger partial charge in [0.1, 0.15) is 0 Å². The van der Waals surface area contributed by atoms with Crippen molar-refractivity contribution in [2.75, 3.05) is 11.5 Å². The predicted molar refractivity (Wildman–Crippen MR) is 46.9 cm³/mol. The van der Waals surface area contributed by atoms with Crippen LogP contribution in [0.4, 0.5) is 0 Å². The zero-order valence-corrected chi connectivity index (χ0v) is 10.1. The normalized spacial score (nSPS) is 13.9. The molecule has 0 saturated heterocycles. The van der Waals surface area contributed by atoms with E-state index >= 15 is 0 Å². The maximum absolute atomic E-state index is 9.96. The first-order valence-corrected chi connectivity index (χ1v) is 4.91. The molecule has 10 heavy (non-hydrogen) atoms.